The van der Waals surface area contributed by atoms with Crippen molar-refractivity contribution in [2.24, 2.45) is 12.0 Å². The molecule has 1 heterocycles. The number of hydrogen-bond acceptors (Lipinski definition) is 1. The van der Waals surface area contributed by atoms with Crippen molar-refractivity contribution in [1.82, 2.24) is 14.8 Å². The zero-order chi connectivity index (χ0) is 16.7. The Kier molecular flexibility index (Phi) is 8.81. The number of halogens is 2. The molecule has 0 unspecified atom stereocenters. The maximum Gasteiger partial charge on any atom is 0.194 e. The molecule has 24 heavy (non-hydrogen) atoms. The van der Waals surface area contributed by atoms with Crippen molar-refractivity contribution in [2.75, 3.05) is 20.1 Å². The number of aryl methyl sites for hydroxylation is 1. The number of benzene rings is 1. The third kappa shape index (κ3) is 5.81. The van der Waals surface area contributed by atoms with Crippen LogP contribution in [0.3, 0.4) is 0 Å². The van der Waals surface area contributed by atoms with Crippen molar-refractivity contribution in [3.05, 3.63) is 59.7 Å². The first-order chi connectivity index (χ1) is 11.1. The van der Waals surface area contributed by atoms with Crippen LogP contribution in [0.4, 0.5) is 4.39 Å². The Bertz CT molecular complexity index is 654. The minimum atomic E-state index is -0.162. The Labute approximate surface area is 160 Å². The van der Waals surface area contributed by atoms with Gasteiger partial charge in [-0.1, -0.05) is 18.2 Å². The number of hydrogen-bond donors (Lipinski definition) is 1. The normalized spacial score (nSPS) is 11.1. The Morgan fingerprint density at radius 3 is 2.62 bits per heavy atom. The van der Waals surface area contributed by atoms with E-state index in [2.05, 4.69) is 25.8 Å². The van der Waals surface area contributed by atoms with Crippen molar-refractivity contribution >= 4 is 29.9 Å². The highest BCUT2D eigenvalue weighted by Gasteiger charge is 2.08. The van der Waals surface area contributed by atoms with Gasteiger partial charge in [0.1, 0.15) is 5.82 Å². The van der Waals surface area contributed by atoms with Gasteiger partial charge >= 0.3 is 0 Å². The number of rotatable bonds is 6. The number of aromatic nitrogens is 1. The predicted octanol–water partition coefficient (Wildman–Crippen LogP) is 3.42. The predicted molar refractivity (Wildman–Crippen MR) is 108 cm³/mol. The van der Waals surface area contributed by atoms with Crippen LogP contribution < -0.4 is 5.32 Å². The first kappa shape index (κ1) is 20.5. The Morgan fingerprint density at radius 2 is 2.00 bits per heavy atom. The second-order valence-corrected chi connectivity index (χ2v) is 5.54. The zero-order valence-corrected chi connectivity index (χ0v) is 16.8. The smallest absolute Gasteiger partial charge is 0.194 e. The van der Waals surface area contributed by atoms with Crippen LogP contribution in [0.5, 0.6) is 0 Å². The average Bonchev–Trinajstić information content (AvgIpc) is 2.93. The lowest BCUT2D eigenvalue weighted by atomic mass is 10.1. The summed E-state index contributed by atoms with van der Waals surface area (Å²) >= 11 is 0. The first-order valence-electron chi connectivity index (χ1n) is 7.95. The van der Waals surface area contributed by atoms with Crippen LogP contribution >= 0.6 is 24.0 Å². The summed E-state index contributed by atoms with van der Waals surface area (Å²) in [5, 5.41) is 3.29. The minimum Gasteiger partial charge on any atom is -0.357 e. The van der Waals surface area contributed by atoms with Gasteiger partial charge in [-0.15, -0.1) is 24.0 Å². The summed E-state index contributed by atoms with van der Waals surface area (Å²) in [6.07, 6.45) is 2.63. The molecule has 132 valence electrons. The van der Waals surface area contributed by atoms with Crippen LogP contribution in [0.1, 0.15) is 18.2 Å². The van der Waals surface area contributed by atoms with E-state index in [0.717, 1.165) is 19.0 Å². The fourth-order valence-corrected chi connectivity index (χ4v) is 2.43. The average molecular weight is 444 g/mol. The van der Waals surface area contributed by atoms with Gasteiger partial charge < -0.3 is 14.8 Å². The molecule has 0 aliphatic rings. The fourth-order valence-electron chi connectivity index (χ4n) is 2.43. The molecule has 1 aromatic carbocycles. The van der Waals surface area contributed by atoms with E-state index >= 15 is 0 Å². The molecule has 0 spiro atoms. The van der Waals surface area contributed by atoms with Crippen molar-refractivity contribution < 1.29 is 4.39 Å². The molecule has 2 aromatic rings. The van der Waals surface area contributed by atoms with E-state index in [9.17, 15) is 4.39 Å². The van der Waals surface area contributed by atoms with Crippen molar-refractivity contribution in [3.8, 4) is 0 Å². The lowest BCUT2D eigenvalue weighted by Crippen LogP contribution is -2.39. The summed E-state index contributed by atoms with van der Waals surface area (Å²) in [4.78, 5) is 6.70. The molecule has 0 aliphatic carbocycles. The highest BCUT2D eigenvalue weighted by molar-refractivity contribution is 14.0. The van der Waals surface area contributed by atoms with Gasteiger partial charge in [0.15, 0.2) is 5.96 Å². The lowest BCUT2D eigenvalue weighted by molar-refractivity contribution is 0.462. The Balaban J connectivity index is 0.00000288. The van der Waals surface area contributed by atoms with Gasteiger partial charge in [0.05, 0.1) is 6.54 Å². The molecule has 0 fully saturated rings. The van der Waals surface area contributed by atoms with Crippen molar-refractivity contribution in [2.45, 2.75) is 19.9 Å². The largest absolute Gasteiger partial charge is 0.357 e. The summed E-state index contributed by atoms with van der Waals surface area (Å²) < 4.78 is 15.7. The van der Waals surface area contributed by atoms with E-state index in [1.807, 2.05) is 45.4 Å². The number of nitrogens with zero attached hydrogens (tertiary/aromatic N) is 3. The molecule has 0 saturated heterocycles. The molecule has 6 heteroatoms. The summed E-state index contributed by atoms with van der Waals surface area (Å²) in [5.41, 5.74) is 1.92. The maximum absolute atomic E-state index is 13.6. The van der Waals surface area contributed by atoms with Gasteiger partial charge in [0.2, 0.25) is 0 Å². The topological polar surface area (TPSA) is 32.6 Å². The summed E-state index contributed by atoms with van der Waals surface area (Å²) in [7, 11) is 4.04. The van der Waals surface area contributed by atoms with Crippen LogP contribution in [-0.4, -0.2) is 35.6 Å². The summed E-state index contributed by atoms with van der Waals surface area (Å²) in [6.45, 7) is 4.18. The number of nitrogens with one attached hydrogen (secondary N) is 1. The highest BCUT2D eigenvalue weighted by atomic mass is 127. The van der Waals surface area contributed by atoms with E-state index in [4.69, 9.17) is 0 Å². The molecular weight excluding hydrogens is 418 g/mol. The zero-order valence-electron chi connectivity index (χ0n) is 14.5. The molecule has 1 N–H and O–H groups in total. The molecule has 0 amide bonds. The molecule has 0 bridgehead atoms. The Hall–Kier alpha value is -1.57. The molecular formula is C18H26FIN4. The van der Waals surface area contributed by atoms with E-state index in [1.165, 1.54) is 11.8 Å². The molecule has 2 rings (SSSR count). The third-order valence-electron chi connectivity index (χ3n) is 3.75. The second-order valence-electron chi connectivity index (χ2n) is 5.54. The van der Waals surface area contributed by atoms with Crippen LogP contribution in [0, 0.1) is 5.82 Å². The summed E-state index contributed by atoms with van der Waals surface area (Å²) in [5.74, 6) is 0.676. The van der Waals surface area contributed by atoms with E-state index < -0.39 is 0 Å². The standard InChI is InChI=1S/C18H25FN4.HI/c1-4-20-18(23(3)14-16-9-7-13-22(16)2)21-12-11-15-8-5-6-10-17(15)19;/h5-10,13H,4,11-12,14H2,1-3H3,(H,20,21);1H. The second kappa shape index (κ2) is 10.3. The van der Waals surface area contributed by atoms with E-state index in [-0.39, 0.29) is 29.8 Å². The Morgan fingerprint density at radius 1 is 1.25 bits per heavy atom. The van der Waals surface area contributed by atoms with Crippen LogP contribution in [0.2, 0.25) is 0 Å². The molecule has 0 saturated carbocycles. The van der Waals surface area contributed by atoms with Gasteiger partial charge in [-0.2, -0.15) is 0 Å². The van der Waals surface area contributed by atoms with Crippen LogP contribution in [0.25, 0.3) is 0 Å². The van der Waals surface area contributed by atoms with E-state index in [0.29, 0.717) is 18.5 Å². The van der Waals surface area contributed by atoms with Crippen LogP contribution in [0.15, 0.2) is 47.6 Å². The van der Waals surface area contributed by atoms with Gasteiger partial charge in [0.25, 0.3) is 0 Å². The molecule has 1 aromatic heterocycles. The third-order valence-corrected chi connectivity index (χ3v) is 3.75. The number of aliphatic imine (C=N–C) groups is 1. The molecule has 0 atom stereocenters. The van der Waals surface area contributed by atoms with Gasteiger partial charge in [-0.05, 0) is 37.1 Å². The van der Waals surface area contributed by atoms with E-state index in [1.54, 1.807) is 6.07 Å². The number of guanidine groups is 1. The van der Waals surface area contributed by atoms with Gasteiger partial charge in [-0.25, -0.2) is 4.39 Å². The maximum atomic E-state index is 13.6. The first-order valence-corrected chi connectivity index (χ1v) is 7.95. The quantitative estimate of drug-likeness (QED) is 0.421. The minimum absolute atomic E-state index is 0. The monoisotopic (exact) mass is 444 g/mol. The lowest BCUT2D eigenvalue weighted by Gasteiger charge is -2.22. The molecule has 0 radical (unpaired) electrons. The SMILES string of the molecule is CCNC(=NCCc1ccccc1F)N(C)Cc1cccn1C.I. The molecule has 0 aliphatic heterocycles. The van der Waals surface area contributed by atoms with Crippen LogP contribution in [-0.2, 0) is 20.0 Å². The van der Waals surface area contributed by atoms with Gasteiger partial charge in [0, 0.05) is 39.1 Å². The fraction of sp³-hybridized carbons (Fsp3) is 0.389. The molecule has 4 nitrogen and oxygen atoms in total. The summed E-state index contributed by atoms with van der Waals surface area (Å²) in [6, 6.07) is 11.0. The highest BCUT2D eigenvalue weighted by Crippen LogP contribution is 2.08. The van der Waals surface area contributed by atoms with Crippen molar-refractivity contribution in [1.29, 1.82) is 0 Å². The van der Waals surface area contributed by atoms with Crippen molar-refractivity contribution in [3.63, 3.8) is 0 Å². The van der Waals surface area contributed by atoms with Gasteiger partial charge in [-0.3, -0.25) is 4.99 Å².